The standard InChI is InChI=1S/C31H51N3O9S/c1-3-28(38)32-14-16-43-15-13-25(36)17-24(30(41)33-19-21(2)35)7-5-4-6-8-26(37)23-11-9-22(10-12-23)20-34-31(42)27(44)18-29(39)40/h22-24,27,44H,3-20H2,1-2H3,(H,32,38)(H,33,41)(H,34,42)(H,39,40). The summed E-state index contributed by atoms with van der Waals surface area (Å²) in [4.78, 5) is 83.2. The van der Waals surface area contributed by atoms with Crippen LogP contribution in [0.1, 0.15) is 97.3 Å². The van der Waals surface area contributed by atoms with Gasteiger partial charge in [0, 0.05) is 50.6 Å². The van der Waals surface area contributed by atoms with Crippen LogP contribution in [0.5, 0.6) is 0 Å². The van der Waals surface area contributed by atoms with E-state index in [-0.39, 0.29) is 73.4 Å². The molecular formula is C31H51N3O9S. The maximum Gasteiger partial charge on any atom is 0.304 e. The lowest BCUT2D eigenvalue weighted by Crippen LogP contribution is -2.37. The monoisotopic (exact) mass is 641 g/mol. The minimum absolute atomic E-state index is 0.000508. The summed E-state index contributed by atoms with van der Waals surface area (Å²) in [6, 6.07) is 0. The largest absolute Gasteiger partial charge is 0.481 e. The number of carbonyl (C=O) groups is 7. The van der Waals surface area contributed by atoms with E-state index < -0.39 is 23.0 Å². The number of unbranched alkanes of at least 4 members (excludes halogenated alkanes) is 2. The lowest BCUT2D eigenvalue weighted by atomic mass is 9.79. The van der Waals surface area contributed by atoms with Gasteiger partial charge in [-0.2, -0.15) is 12.6 Å². The van der Waals surface area contributed by atoms with E-state index in [0.29, 0.717) is 51.8 Å². The number of hydrogen-bond acceptors (Lipinski definition) is 9. The molecule has 1 saturated carbocycles. The van der Waals surface area contributed by atoms with Crippen molar-refractivity contribution in [1.29, 1.82) is 0 Å². The van der Waals surface area contributed by atoms with Gasteiger partial charge in [-0.3, -0.25) is 33.6 Å². The number of ketones is 3. The van der Waals surface area contributed by atoms with Crippen molar-refractivity contribution < 1.29 is 43.4 Å². The Kier molecular flexibility index (Phi) is 20.2. The van der Waals surface area contributed by atoms with Crippen molar-refractivity contribution in [3.63, 3.8) is 0 Å². The van der Waals surface area contributed by atoms with Gasteiger partial charge in [0.2, 0.25) is 17.7 Å². The fraction of sp³-hybridized carbons (Fsp3) is 0.774. The van der Waals surface area contributed by atoms with Crippen LogP contribution >= 0.6 is 12.6 Å². The van der Waals surface area contributed by atoms with E-state index in [1.54, 1.807) is 6.92 Å². The minimum Gasteiger partial charge on any atom is -0.481 e. The second kappa shape index (κ2) is 22.7. The van der Waals surface area contributed by atoms with Crippen LogP contribution < -0.4 is 16.0 Å². The molecule has 4 N–H and O–H groups in total. The Morgan fingerprint density at radius 3 is 2.20 bits per heavy atom. The van der Waals surface area contributed by atoms with Crippen LogP contribution in [-0.2, 0) is 38.3 Å². The second-order valence-electron chi connectivity index (χ2n) is 11.6. The third kappa shape index (κ3) is 18.1. The number of Topliss-reactive ketones (excluding diaryl/α,β-unsaturated/α-hetero) is 3. The molecule has 1 rings (SSSR count). The lowest BCUT2D eigenvalue weighted by molar-refractivity contribution is -0.138. The van der Waals surface area contributed by atoms with Gasteiger partial charge >= 0.3 is 5.97 Å². The minimum atomic E-state index is -1.08. The number of hydrogen-bond donors (Lipinski definition) is 5. The summed E-state index contributed by atoms with van der Waals surface area (Å²) in [7, 11) is 0. The van der Waals surface area contributed by atoms with E-state index >= 15 is 0 Å². The summed E-state index contributed by atoms with van der Waals surface area (Å²) >= 11 is 4.03. The van der Waals surface area contributed by atoms with Crippen LogP contribution in [0.3, 0.4) is 0 Å². The van der Waals surface area contributed by atoms with Gasteiger partial charge in [-0.25, -0.2) is 0 Å². The number of amides is 3. The molecule has 44 heavy (non-hydrogen) atoms. The topological polar surface area (TPSA) is 185 Å². The first-order valence-electron chi connectivity index (χ1n) is 15.8. The van der Waals surface area contributed by atoms with Crippen molar-refractivity contribution in [3.8, 4) is 0 Å². The lowest BCUT2D eigenvalue weighted by Gasteiger charge is -2.28. The molecule has 0 aromatic heterocycles. The van der Waals surface area contributed by atoms with Crippen LogP contribution in [0.25, 0.3) is 0 Å². The average Bonchev–Trinajstić information content (AvgIpc) is 2.99. The predicted molar refractivity (Wildman–Crippen MR) is 167 cm³/mol. The van der Waals surface area contributed by atoms with Gasteiger partial charge in [-0.1, -0.05) is 19.8 Å². The van der Waals surface area contributed by atoms with Crippen LogP contribution in [-0.4, -0.2) is 84.2 Å². The number of aliphatic carboxylic acids is 1. The highest BCUT2D eigenvalue weighted by atomic mass is 32.1. The fourth-order valence-electron chi connectivity index (χ4n) is 5.11. The van der Waals surface area contributed by atoms with Gasteiger partial charge < -0.3 is 25.8 Å². The molecule has 250 valence electrons. The Hall–Kier alpha value is -2.80. The van der Waals surface area contributed by atoms with E-state index in [2.05, 4.69) is 28.6 Å². The number of carboxylic acid groups (broad SMARTS) is 1. The molecule has 0 heterocycles. The summed E-state index contributed by atoms with van der Waals surface area (Å²) in [6.07, 6.45) is 6.47. The average molecular weight is 642 g/mol. The SMILES string of the molecule is CCC(=O)NCCOCCC(=O)CC(CCCCCC(=O)C1CCC(CNC(=O)C(S)CC(=O)O)CC1)C(=O)NCC(C)=O. The number of thiol groups is 1. The number of carbonyl (C=O) groups excluding carboxylic acids is 6. The highest BCUT2D eigenvalue weighted by molar-refractivity contribution is 7.81. The first-order valence-corrected chi connectivity index (χ1v) is 16.3. The number of nitrogens with one attached hydrogen (secondary N) is 3. The van der Waals surface area contributed by atoms with Gasteiger partial charge in [-0.15, -0.1) is 0 Å². The summed E-state index contributed by atoms with van der Waals surface area (Å²) in [5.41, 5.74) is 0. The van der Waals surface area contributed by atoms with Crippen molar-refractivity contribution in [2.75, 3.05) is 32.8 Å². The molecule has 13 heteroatoms. The van der Waals surface area contributed by atoms with Crippen molar-refractivity contribution in [2.45, 2.75) is 103 Å². The van der Waals surface area contributed by atoms with Crippen LogP contribution in [0.15, 0.2) is 0 Å². The van der Waals surface area contributed by atoms with E-state index in [1.165, 1.54) is 6.92 Å². The summed E-state index contributed by atoms with van der Waals surface area (Å²) < 4.78 is 5.40. The number of ether oxygens (including phenoxy) is 1. The van der Waals surface area contributed by atoms with Gasteiger partial charge in [0.25, 0.3) is 0 Å². The van der Waals surface area contributed by atoms with Crippen molar-refractivity contribution >= 4 is 53.7 Å². The molecule has 0 aliphatic heterocycles. The molecule has 0 radical (unpaired) electrons. The molecule has 0 spiro atoms. The van der Waals surface area contributed by atoms with Gasteiger partial charge in [0.1, 0.15) is 17.3 Å². The maximum atomic E-state index is 12.8. The zero-order chi connectivity index (χ0) is 32.9. The van der Waals surface area contributed by atoms with E-state index in [1.807, 2.05) is 0 Å². The highest BCUT2D eigenvalue weighted by Gasteiger charge is 2.27. The highest BCUT2D eigenvalue weighted by Crippen LogP contribution is 2.30. The summed E-state index contributed by atoms with van der Waals surface area (Å²) in [6.45, 7) is 4.37. The third-order valence-electron chi connectivity index (χ3n) is 7.78. The molecule has 1 fully saturated rings. The zero-order valence-corrected chi connectivity index (χ0v) is 27.1. The quantitative estimate of drug-likeness (QED) is 0.0780. The Bertz CT molecular complexity index is 967. The summed E-state index contributed by atoms with van der Waals surface area (Å²) in [5, 5.41) is 16.0. The van der Waals surface area contributed by atoms with Crippen LogP contribution in [0, 0.1) is 17.8 Å². The molecule has 2 unspecified atom stereocenters. The first kappa shape index (κ1) is 39.2. The molecular weight excluding hydrogens is 590 g/mol. The predicted octanol–water partition coefficient (Wildman–Crippen LogP) is 2.42. The molecule has 3 amide bonds. The summed E-state index contributed by atoms with van der Waals surface area (Å²) in [5.74, 6) is -2.23. The molecule has 12 nitrogen and oxygen atoms in total. The zero-order valence-electron chi connectivity index (χ0n) is 26.2. The van der Waals surface area contributed by atoms with Gasteiger partial charge in [0.05, 0.1) is 31.4 Å². The Morgan fingerprint density at radius 2 is 1.57 bits per heavy atom. The van der Waals surface area contributed by atoms with E-state index in [9.17, 15) is 33.6 Å². The third-order valence-corrected chi connectivity index (χ3v) is 8.20. The molecule has 0 saturated heterocycles. The molecule has 0 aromatic carbocycles. The van der Waals surface area contributed by atoms with Crippen LogP contribution in [0.2, 0.25) is 0 Å². The fourth-order valence-corrected chi connectivity index (χ4v) is 5.36. The van der Waals surface area contributed by atoms with E-state index in [0.717, 1.165) is 32.1 Å². The van der Waals surface area contributed by atoms with Crippen molar-refractivity contribution in [1.82, 2.24) is 16.0 Å². The maximum absolute atomic E-state index is 12.8. The van der Waals surface area contributed by atoms with Crippen LogP contribution in [0.4, 0.5) is 0 Å². The normalized spacial score (nSPS) is 17.6. The van der Waals surface area contributed by atoms with Gasteiger partial charge in [-0.05, 0) is 51.4 Å². The smallest absolute Gasteiger partial charge is 0.304 e. The number of rotatable bonds is 24. The van der Waals surface area contributed by atoms with Gasteiger partial charge in [0.15, 0.2) is 0 Å². The Morgan fingerprint density at radius 1 is 0.864 bits per heavy atom. The molecule has 0 aromatic rings. The molecule has 2 atom stereocenters. The Labute approximate surface area is 266 Å². The van der Waals surface area contributed by atoms with Crippen molar-refractivity contribution in [3.05, 3.63) is 0 Å². The number of carboxylic acids is 1. The Balaban J connectivity index is 2.35. The molecule has 1 aliphatic rings. The second-order valence-corrected chi connectivity index (χ2v) is 12.2. The van der Waals surface area contributed by atoms with Crippen molar-refractivity contribution in [2.24, 2.45) is 17.8 Å². The van der Waals surface area contributed by atoms with E-state index in [4.69, 9.17) is 9.84 Å². The first-order chi connectivity index (χ1) is 20.9. The molecule has 1 aliphatic carbocycles. The molecule has 0 bridgehead atoms.